The number of hydrogen-bond acceptors (Lipinski definition) is 3. The van der Waals surface area contributed by atoms with E-state index in [9.17, 15) is 0 Å². The van der Waals surface area contributed by atoms with E-state index in [1.165, 1.54) is 44.9 Å². The molecule has 0 spiro atoms. The highest BCUT2D eigenvalue weighted by Crippen LogP contribution is 2.17. The minimum Gasteiger partial charge on any atom is -0.361 e. The van der Waals surface area contributed by atoms with Gasteiger partial charge in [-0.25, -0.2) is 0 Å². The molecular weight excluding hydrogens is 260 g/mol. The van der Waals surface area contributed by atoms with E-state index in [0.717, 1.165) is 38.2 Å². The third-order valence-electron chi connectivity index (χ3n) is 4.06. The minimum absolute atomic E-state index is 0.486. The van der Waals surface area contributed by atoms with Crippen LogP contribution >= 0.6 is 0 Å². The summed E-state index contributed by atoms with van der Waals surface area (Å²) in [4.78, 5) is 0. The van der Waals surface area contributed by atoms with Gasteiger partial charge in [0.25, 0.3) is 0 Å². The molecule has 21 heavy (non-hydrogen) atoms. The Morgan fingerprint density at radius 3 is 2.00 bits per heavy atom. The second kappa shape index (κ2) is 13.5. The number of hydrogen-bond donors (Lipinski definition) is 2. The molecule has 3 heteroatoms. The first-order valence-corrected chi connectivity index (χ1v) is 9.17. The summed E-state index contributed by atoms with van der Waals surface area (Å²) in [7, 11) is 0. The fraction of sp³-hybridized carbons (Fsp3) is 1.00. The van der Waals surface area contributed by atoms with Crippen LogP contribution in [0.15, 0.2) is 0 Å². The maximum absolute atomic E-state index is 6.24. The molecule has 0 aliphatic heterocycles. The van der Waals surface area contributed by atoms with Crippen LogP contribution in [0.3, 0.4) is 0 Å². The van der Waals surface area contributed by atoms with Crippen molar-refractivity contribution >= 4 is 0 Å². The van der Waals surface area contributed by atoms with Crippen LogP contribution in [0.5, 0.6) is 0 Å². The van der Waals surface area contributed by atoms with Crippen LogP contribution in [0.1, 0.15) is 91.4 Å². The Labute approximate surface area is 133 Å². The van der Waals surface area contributed by atoms with Crippen molar-refractivity contribution in [2.45, 2.75) is 97.1 Å². The highest BCUT2D eigenvalue weighted by molar-refractivity contribution is 4.73. The second-order valence-electron chi connectivity index (χ2n) is 6.86. The lowest BCUT2D eigenvalue weighted by Gasteiger charge is -2.29. The van der Waals surface area contributed by atoms with E-state index in [1.807, 2.05) is 0 Å². The van der Waals surface area contributed by atoms with Crippen LogP contribution in [0, 0.1) is 5.92 Å². The quantitative estimate of drug-likeness (QED) is 0.343. The van der Waals surface area contributed by atoms with Crippen molar-refractivity contribution in [2.24, 2.45) is 17.4 Å². The molecule has 1 atom stereocenters. The Kier molecular flexibility index (Phi) is 13.5. The summed E-state index contributed by atoms with van der Waals surface area (Å²) in [5.74, 6) is 0.857. The van der Waals surface area contributed by atoms with Gasteiger partial charge in [0, 0.05) is 13.0 Å². The van der Waals surface area contributed by atoms with Gasteiger partial charge in [-0.1, -0.05) is 72.1 Å². The molecule has 0 fully saturated rings. The molecule has 0 radical (unpaired) electrons. The number of ether oxygens (including phenoxy) is 1. The van der Waals surface area contributed by atoms with E-state index in [2.05, 4.69) is 20.8 Å². The average Bonchev–Trinajstić information content (AvgIpc) is 2.41. The Hall–Kier alpha value is -0.120. The molecule has 0 aliphatic rings. The molecule has 0 aliphatic carbocycles. The molecule has 0 rings (SSSR count). The summed E-state index contributed by atoms with van der Waals surface area (Å²) >= 11 is 0. The first-order valence-electron chi connectivity index (χ1n) is 9.17. The summed E-state index contributed by atoms with van der Waals surface area (Å²) in [5, 5.41) is 0. The monoisotopic (exact) mass is 300 g/mol. The predicted octanol–water partition coefficient (Wildman–Crippen LogP) is 4.58. The zero-order chi connectivity index (χ0) is 16.0. The molecule has 128 valence electrons. The van der Waals surface area contributed by atoms with Crippen molar-refractivity contribution in [1.29, 1.82) is 0 Å². The third kappa shape index (κ3) is 13.3. The van der Waals surface area contributed by atoms with Crippen molar-refractivity contribution in [2.75, 3.05) is 13.2 Å². The summed E-state index contributed by atoms with van der Waals surface area (Å²) < 4.78 is 5.88. The van der Waals surface area contributed by atoms with Gasteiger partial charge in [-0.15, -0.1) is 0 Å². The van der Waals surface area contributed by atoms with E-state index in [-0.39, 0.29) is 0 Å². The van der Waals surface area contributed by atoms with E-state index in [1.54, 1.807) is 0 Å². The van der Waals surface area contributed by atoms with Crippen molar-refractivity contribution < 1.29 is 4.74 Å². The van der Waals surface area contributed by atoms with Gasteiger partial charge in [0.05, 0.1) is 0 Å². The van der Waals surface area contributed by atoms with E-state index >= 15 is 0 Å². The lowest BCUT2D eigenvalue weighted by molar-refractivity contribution is -0.0534. The van der Waals surface area contributed by atoms with Crippen LogP contribution in [0.2, 0.25) is 0 Å². The summed E-state index contributed by atoms with van der Waals surface area (Å²) in [6, 6.07) is 0. The molecule has 0 bridgehead atoms. The maximum atomic E-state index is 6.24. The zero-order valence-corrected chi connectivity index (χ0v) is 14.8. The van der Waals surface area contributed by atoms with E-state index < -0.39 is 5.72 Å². The first kappa shape index (κ1) is 20.9. The molecule has 4 N–H and O–H groups in total. The van der Waals surface area contributed by atoms with Gasteiger partial charge < -0.3 is 16.2 Å². The number of nitrogens with two attached hydrogens (primary N) is 2. The van der Waals surface area contributed by atoms with Crippen LogP contribution in [-0.4, -0.2) is 18.9 Å². The van der Waals surface area contributed by atoms with Gasteiger partial charge in [0.1, 0.15) is 5.72 Å². The molecular formula is C18H40N2O. The first-order chi connectivity index (χ1) is 10.0. The topological polar surface area (TPSA) is 61.3 Å². The van der Waals surface area contributed by atoms with Crippen molar-refractivity contribution in [3.8, 4) is 0 Å². The molecule has 0 saturated carbocycles. The highest BCUT2D eigenvalue weighted by Gasteiger charge is 2.23. The van der Waals surface area contributed by atoms with E-state index in [0.29, 0.717) is 6.54 Å². The molecule has 0 aromatic carbocycles. The molecule has 3 nitrogen and oxygen atoms in total. The van der Waals surface area contributed by atoms with Crippen molar-refractivity contribution in [1.82, 2.24) is 0 Å². The third-order valence-corrected chi connectivity index (χ3v) is 4.06. The van der Waals surface area contributed by atoms with Crippen molar-refractivity contribution in [3.63, 3.8) is 0 Å². The normalized spacial score (nSPS) is 14.6. The molecule has 0 heterocycles. The second-order valence-corrected chi connectivity index (χ2v) is 6.86. The van der Waals surface area contributed by atoms with Crippen molar-refractivity contribution in [3.05, 3.63) is 0 Å². The molecule has 0 saturated heterocycles. The fourth-order valence-electron chi connectivity index (χ4n) is 2.75. The predicted molar refractivity (Wildman–Crippen MR) is 93.2 cm³/mol. The Morgan fingerprint density at radius 1 is 0.905 bits per heavy atom. The van der Waals surface area contributed by atoms with Gasteiger partial charge in [0.15, 0.2) is 0 Å². The molecule has 0 aromatic rings. The average molecular weight is 301 g/mol. The summed E-state index contributed by atoms with van der Waals surface area (Å²) in [6.07, 6.45) is 13.3. The number of rotatable bonds is 15. The number of unbranched alkanes of at least 4 members (excludes halogenated alkanes) is 6. The molecule has 0 aromatic heterocycles. The summed E-state index contributed by atoms with van der Waals surface area (Å²) in [6.45, 7) is 8.14. The fourth-order valence-corrected chi connectivity index (χ4v) is 2.75. The lowest BCUT2D eigenvalue weighted by Crippen LogP contribution is -2.44. The van der Waals surface area contributed by atoms with Crippen LogP contribution in [0.4, 0.5) is 0 Å². The highest BCUT2D eigenvalue weighted by atomic mass is 16.5. The SMILES string of the molecule is CCCC(N)(CCN)OCCCCCCCCCC(C)C. The Bertz CT molecular complexity index is 213. The van der Waals surface area contributed by atoms with Gasteiger partial charge in [-0.05, 0) is 25.3 Å². The van der Waals surface area contributed by atoms with Gasteiger partial charge in [-0.2, -0.15) is 0 Å². The smallest absolute Gasteiger partial charge is 0.117 e. The lowest BCUT2D eigenvalue weighted by atomic mass is 10.0. The van der Waals surface area contributed by atoms with Gasteiger partial charge in [0.2, 0.25) is 0 Å². The molecule has 1 unspecified atom stereocenters. The summed E-state index contributed by atoms with van der Waals surface area (Å²) in [5.41, 5.74) is 11.4. The minimum atomic E-state index is -0.486. The van der Waals surface area contributed by atoms with E-state index in [4.69, 9.17) is 16.2 Å². The van der Waals surface area contributed by atoms with Crippen LogP contribution in [0.25, 0.3) is 0 Å². The maximum Gasteiger partial charge on any atom is 0.117 e. The standard InChI is InChI=1S/C18H40N2O/c1-4-13-18(20,14-15-19)21-16-11-9-7-5-6-8-10-12-17(2)3/h17H,4-16,19-20H2,1-3H3. The van der Waals surface area contributed by atoms with Crippen LogP contribution in [-0.2, 0) is 4.74 Å². The van der Waals surface area contributed by atoms with Gasteiger partial charge in [-0.3, -0.25) is 0 Å². The largest absolute Gasteiger partial charge is 0.361 e. The zero-order valence-electron chi connectivity index (χ0n) is 14.8. The van der Waals surface area contributed by atoms with Gasteiger partial charge >= 0.3 is 0 Å². The molecule has 0 amide bonds. The van der Waals surface area contributed by atoms with Crippen LogP contribution < -0.4 is 11.5 Å². The Balaban J connectivity index is 3.41. The Morgan fingerprint density at radius 2 is 1.48 bits per heavy atom.